The highest BCUT2D eigenvalue weighted by Gasteiger charge is 2.01. The van der Waals surface area contributed by atoms with Gasteiger partial charge in [-0.2, -0.15) is 10.4 Å². The largest absolute Gasteiger partial charge is 0.264 e. The molecule has 0 atom stereocenters. The second-order valence-corrected chi connectivity index (χ2v) is 3.34. The molecule has 70 valence electrons. The fourth-order valence-corrected chi connectivity index (χ4v) is 1.51. The molecule has 0 saturated heterocycles. The van der Waals surface area contributed by atoms with Crippen LogP contribution in [-0.4, -0.2) is 9.78 Å². The van der Waals surface area contributed by atoms with Crippen LogP contribution in [0.2, 0.25) is 0 Å². The van der Waals surface area contributed by atoms with Crippen molar-refractivity contribution in [2.45, 2.75) is 19.9 Å². The summed E-state index contributed by atoms with van der Waals surface area (Å²) in [5, 5.41) is 13.9. The first-order chi connectivity index (χ1) is 6.81. The molecule has 0 aliphatic rings. The van der Waals surface area contributed by atoms with Crippen molar-refractivity contribution in [1.82, 2.24) is 9.78 Å². The molecule has 0 fully saturated rings. The van der Waals surface area contributed by atoms with E-state index in [4.69, 9.17) is 5.26 Å². The van der Waals surface area contributed by atoms with Gasteiger partial charge in [0.15, 0.2) is 0 Å². The molecule has 2 rings (SSSR count). The second-order valence-electron chi connectivity index (χ2n) is 3.34. The van der Waals surface area contributed by atoms with Gasteiger partial charge < -0.3 is 0 Å². The minimum atomic E-state index is 0.505. The van der Waals surface area contributed by atoms with Crippen molar-refractivity contribution < 1.29 is 0 Å². The van der Waals surface area contributed by atoms with Crippen LogP contribution in [0.1, 0.15) is 12.0 Å². The Hall–Kier alpha value is -1.82. The molecule has 0 amide bonds. The third kappa shape index (κ3) is 1.47. The smallest absolute Gasteiger partial charge is 0.0685 e. The zero-order valence-corrected chi connectivity index (χ0v) is 8.07. The summed E-state index contributed by atoms with van der Waals surface area (Å²) < 4.78 is 1.88. The van der Waals surface area contributed by atoms with Crippen molar-refractivity contribution in [1.29, 1.82) is 5.26 Å². The minimum Gasteiger partial charge on any atom is -0.264 e. The first kappa shape index (κ1) is 8.76. The van der Waals surface area contributed by atoms with Gasteiger partial charge in [-0.1, -0.05) is 12.1 Å². The van der Waals surface area contributed by atoms with Crippen LogP contribution in [0.25, 0.3) is 10.9 Å². The lowest BCUT2D eigenvalue weighted by Gasteiger charge is -2.00. The van der Waals surface area contributed by atoms with E-state index < -0.39 is 0 Å². The molecular weight excluding hydrogens is 174 g/mol. The number of rotatable bonds is 2. The van der Waals surface area contributed by atoms with Crippen LogP contribution in [-0.2, 0) is 6.54 Å². The SMILES string of the molecule is Cc1ccc2cnn(CCC#N)c2c1. The maximum absolute atomic E-state index is 8.50. The van der Waals surface area contributed by atoms with Crippen molar-refractivity contribution in [3.8, 4) is 6.07 Å². The Bertz CT molecular complexity index is 491. The van der Waals surface area contributed by atoms with Gasteiger partial charge in [0, 0.05) is 5.39 Å². The van der Waals surface area contributed by atoms with Gasteiger partial charge in [-0.15, -0.1) is 0 Å². The fourth-order valence-electron chi connectivity index (χ4n) is 1.51. The molecule has 0 spiro atoms. The quantitative estimate of drug-likeness (QED) is 0.720. The van der Waals surface area contributed by atoms with Crippen LogP contribution in [0.4, 0.5) is 0 Å². The molecule has 0 saturated carbocycles. The summed E-state index contributed by atoms with van der Waals surface area (Å²) in [5.41, 5.74) is 2.33. The minimum absolute atomic E-state index is 0.505. The van der Waals surface area contributed by atoms with Crippen LogP contribution >= 0.6 is 0 Å². The highest BCUT2D eigenvalue weighted by molar-refractivity contribution is 5.79. The van der Waals surface area contributed by atoms with Crippen molar-refractivity contribution in [3.05, 3.63) is 30.0 Å². The molecule has 14 heavy (non-hydrogen) atoms. The summed E-state index contributed by atoms with van der Waals surface area (Å²) in [6.07, 6.45) is 2.34. The summed E-state index contributed by atoms with van der Waals surface area (Å²) >= 11 is 0. The van der Waals surface area contributed by atoms with Gasteiger partial charge in [0.2, 0.25) is 0 Å². The topological polar surface area (TPSA) is 41.6 Å². The summed E-state index contributed by atoms with van der Waals surface area (Å²) in [6.45, 7) is 2.73. The van der Waals surface area contributed by atoms with Gasteiger partial charge in [-0.05, 0) is 18.6 Å². The lowest BCUT2D eigenvalue weighted by atomic mass is 10.2. The summed E-state index contributed by atoms with van der Waals surface area (Å²) in [4.78, 5) is 0. The zero-order valence-electron chi connectivity index (χ0n) is 8.07. The van der Waals surface area contributed by atoms with Crippen LogP contribution < -0.4 is 0 Å². The standard InChI is InChI=1S/C11H11N3/c1-9-3-4-10-8-13-14(6-2-5-12)11(10)7-9/h3-4,7-8H,2,6H2,1H3. The van der Waals surface area contributed by atoms with Crippen molar-refractivity contribution in [3.63, 3.8) is 0 Å². The van der Waals surface area contributed by atoms with Gasteiger partial charge in [0.05, 0.1) is 30.7 Å². The predicted molar refractivity (Wildman–Crippen MR) is 54.7 cm³/mol. The maximum atomic E-state index is 8.50. The molecule has 1 heterocycles. The first-order valence-corrected chi connectivity index (χ1v) is 4.60. The highest BCUT2D eigenvalue weighted by atomic mass is 15.3. The van der Waals surface area contributed by atoms with E-state index in [2.05, 4.69) is 36.3 Å². The maximum Gasteiger partial charge on any atom is 0.0685 e. The molecule has 0 radical (unpaired) electrons. The van der Waals surface area contributed by atoms with E-state index in [0.29, 0.717) is 13.0 Å². The fraction of sp³-hybridized carbons (Fsp3) is 0.273. The molecule has 0 unspecified atom stereocenters. The van der Waals surface area contributed by atoms with Crippen LogP contribution in [0.15, 0.2) is 24.4 Å². The van der Waals surface area contributed by atoms with Crippen LogP contribution in [0, 0.1) is 18.3 Å². The molecule has 2 aromatic rings. The normalized spacial score (nSPS) is 10.3. The van der Waals surface area contributed by atoms with E-state index in [1.54, 1.807) is 0 Å². The number of hydrogen-bond donors (Lipinski definition) is 0. The van der Waals surface area contributed by atoms with Crippen LogP contribution in [0.3, 0.4) is 0 Å². The van der Waals surface area contributed by atoms with Crippen LogP contribution in [0.5, 0.6) is 0 Å². The van der Waals surface area contributed by atoms with Gasteiger partial charge in [0.1, 0.15) is 0 Å². The van der Waals surface area contributed by atoms with E-state index in [0.717, 1.165) is 10.9 Å². The molecule has 0 N–H and O–H groups in total. The Morgan fingerprint density at radius 2 is 2.36 bits per heavy atom. The Morgan fingerprint density at radius 1 is 1.50 bits per heavy atom. The lowest BCUT2D eigenvalue weighted by Crippen LogP contribution is -1.98. The average molecular weight is 185 g/mol. The van der Waals surface area contributed by atoms with E-state index in [-0.39, 0.29) is 0 Å². The van der Waals surface area contributed by atoms with E-state index in [1.807, 2.05) is 10.9 Å². The summed E-state index contributed by atoms with van der Waals surface area (Å²) in [7, 11) is 0. The van der Waals surface area contributed by atoms with E-state index in [1.165, 1.54) is 5.56 Å². The number of benzene rings is 1. The van der Waals surface area contributed by atoms with E-state index >= 15 is 0 Å². The number of aromatic nitrogens is 2. The molecule has 1 aromatic carbocycles. The second kappa shape index (κ2) is 3.51. The molecule has 0 bridgehead atoms. The Kier molecular flexibility index (Phi) is 2.19. The van der Waals surface area contributed by atoms with Gasteiger partial charge in [0.25, 0.3) is 0 Å². The molecule has 1 aromatic heterocycles. The molecule has 0 aliphatic heterocycles. The average Bonchev–Trinajstić information content (AvgIpc) is 2.57. The first-order valence-electron chi connectivity index (χ1n) is 4.60. The van der Waals surface area contributed by atoms with Gasteiger partial charge in [-0.25, -0.2) is 0 Å². The molecule has 3 heteroatoms. The third-order valence-corrected chi connectivity index (χ3v) is 2.24. The van der Waals surface area contributed by atoms with Crippen molar-refractivity contribution in [2.24, 2.45) is 0 Å². The summed E-state index contributed by atoms with van der Waals surface area (Å²) in [5.74, 6) is 0. The monoisotopic (exact) mass is 185 g/mol. The van der Waals surface area contributed by atoms with E-state index in [9.17, 15) is 0 Å². The number of nitriles is 1. The number of hydrogen-bond acceptors (Lipinski definition) is 2. The van der Waals surface area contributed by atoms with Gasteiger partial charge in [-0.3, -0.25) is 4.68 Å². The lowest BCUT2D eigenvalue weighted by molar-refractivity contribution is 0.649. The highest BCUT2D eigenvalue weighted by Crippen LogP contribution is 2.15. The molecular formula is C11H11N3. The Morgan fingerprint density at radius 3 is 3.14 bits per heavy atom. The molecule has 3 nitrogen and oxygen atoms in total. The molecule has 0 aliphatic carbocycles. The van der Waals surface area contributed by atoms with Crippen molar-refractivity contribution in [2.75, 3.05) is 0 Å². The number of aryl methyl sites for hydroxylation is 2. The Balaban J connectivity index is 2.46. The summed E-state index contributed by atoms with van der Waals surface area (Å²) in [6, 6.07) is 8.35. The van der Waals surface area contributed by atoms with Gasteiger partial charge >= 0.3 is 0 Å². The zero-order chi connectivity index (χ0) is 9.97. The number of nitrogens with zero attached hydrogens (tertiary/aromatic N) is 3. The Labute approximate surface area is 82.6 Å². The van der Waals surface area contributed by atoms with Crippen molar-refractivity contribution >= 4 is 10.9 Å². The number of fused-ring (bicyclic) bond motifs is 1. The predicted octanol–water partition coefficient (Wildman–Crippen LogP) is 2.26. The third-order valence-electron chi connectivity index (χ3n) is 2.24.